The summed E-state index contributed by atoms with van der Waals surface area (Å²) in [6.45, 7) is 4.78. The zero-order valence-electron chi connectivity index (χ0n) is 16.4. The predicted octanol–water partition coefficient (Wildman–Crippen LogP) is 3.28. The quantitative estimate of drug-likeness (QED) is 0.741. The van der Waals surface area contributed by atoms with Crippen molar-refractivity contribution in [3.8, 4) is 17.2 Å². The molecule has 154 valence electrons. The Morgan fingerprint density at radius 2 is 1.90 bits per heavy atom. The second-order valence-electron chi connectivity index (χ2n) is 6.35. The van der Waals surface area contributed by atoms with E-state index in [1.165, 1.54) is 0 Å². The maximum atomic E-state index is 12.3. The Morgan fingerprint density at radius 3 is 2.69 bits per heavy atom. The van der Waals surface area contributed by atoms with Crippen LogP contribution < -0.4 is 24.8 Å². The number of carbonyl (C=O) groups excluding carboxylic acids is 2. The van der Waals surface area contributed by atoms with Crippen LogP contribution in [-0.2, 0) is 9.53 Å². The van der Waals surface area contributed by atoms with Gasteiger partial charge in [-0.3, -0.25) is 10.1 Å². The molecule has 29 heavy (non-hydrogen) atoms. The van der Waals surface area contributed by atoms with Gasteiger partial charge in [-0.25, -0.2) is 4.79 Å². The molecule has 1 heterocycles. The van der Waals surface area contributed by atoms with Crippen LogP contribution in [0.1, 0.15) is 25.5 Å². The van der Waals surface area contributed by atoms with E-state index in [1.807, 2.05) is 25.1 Å². The lowest BCUT2D eigenvalue weighted by Crippen LogP contribution is -2.31. The highest BCUT2D eigenvalue weighted by Gasteiger charge is 2.16. The fourth-order valence-corrected chi connectivity index (χ4v) is 2.79. The zero-order valence-corrected chi connectivity index (χ0v) is 16.4. The van der Waals surface area contributed by atoms with E-state index in [-0.39, 0.29) is 25.2 Å². The summed E-state index contributed by atoms with van der Waals surface area (Å²) in [7, 11) is 0. The van der Waals surface area contributed by atoms with Gasteiger partial charge in [0.25, 0.3) is 5.91 Å². The lowest BCUT2D eigenvalue weighted by Gasteiger charge is -2.21. The van der Waals surface area contributed by atoms with Gasteiger partial charge >= 0.3 is 6.09 Å². The number of hydrogen-bond acceptors (Lipinski definition) is 6. The van der Waals surface area contributed by atoms with E-state index in [0.717, 1.165) is 5.56 Å². The van der Waals surface area contributed by atoms with Gasteiger partial charge in [0.05, 0.1) is 12.6 Å². The normalized spacial score (nSPS) is 13.2. The number of fused-ring (bicyclic) bond motifs is 1. The van der Waals surface area contributed by atoms with E-state index >= 15 is 0 Å². The average molecular weight is 400 g/mol. The third-order valence-corrected chi connectivity index (χ3v) is 4.17. The molecule has 3 rings (SSSR count). The van der Waals surface area contributed by atoms with Crippen LogP contribution in [0.4, 0.5) is 10.5 Å². The highest BCUT2D eigenvalue weighted by molar-refractivity contribution is 5.84. The van der Waals surface area contributed by atoms with Crippen molar-refractivity contribution < 1.29 is 28.5 Å². The summed E-state index contributed by atoms with van der Waals surface area (Å²) in [5, 5.41) is 5.47. The summed E-state index contributed by atoms with van der Waals surface area (Å²) < 4.78 is 21.4. The lowest BCUT2D eigenvalue weighted by molar-refractivity contribution is -0.123. The first-order chi connectivity index (χ1) is 14.0. The molecule has 0 aromatic heterocycles. The number of ether oxygens (including phenoxy) is 4. The molecule has 0 bridgehead atoms. The molecule has 0 fully saturated rings. The van der Waals surface area contributed by atoms with Crippen molar-refractivity contribution in [2.24, 2.45) is 0 Å². The molecule has 2 aromatic rings. The van der Waals surface area contributed by atoms with Crippen LogP contribution in [0.25, 0.3) is 0 Å². The van der Waals surface area contributed by atoms with Gasteiger partial charge in [0.1, 0.15) is 19.0 Å². The van der Waals surface area contributed by atoms with Crippen molar-refractivity contribution in [1.29, 1.82) is 0 Å². The number of amides is 2. The molecule has 0 saturated carbocycles. The Hall–Kier alpha value is -3.42. The van der Waals surface area contributed by atoms with Gasteiger partial charge < -0.3 is 24.3 Å². The highest BCUT2D eigenvalue weighted by Crippen LogP contribution is 2.32. The molecular formula is C21H24N2O6. The summed E-state index contributed by atoms with van der Waals surface area (Å²) in [6.07, 6.45) is -0.546. The highest BCUT2D eigenvalue weighted by atomic mass is 16.6. The smallest absolute Gasteiger partial charge is 0.411 e. The van der Waals surface area contributed by atoms with Crippen LogP contribution in [0, 0.1) is 0 Å². The van der Waals surface area contributed by atoms with Crippen LogP contribution in [0.2, 0.25) is 0 Å². The van der Waals surface area contributed by atoms with Gasteiger partial charge in [0, 0.05) is 11.8 Å². The molecule has 8 heteroatoms. The van der Waals surface area contributed by atoms with Crippen molar-refractivity contribution in [2.75, 3.05) is 31.7 Å². The molecule has 2 aromatic carbocycles. The van der Waals surface area contributed by atoms with Crippen LogP contribution in [0.3, 0.4) is 0 Å². The molecule has 0 spiro atoms. The van der Waals surface area contributed by atoms with E-state index in [9.17, 15) is 9.59 Å². The Bertz CT molecular complexity index is 870. The maximum absolute atomic E-state index is 12.3. The van der Waals surface area contributed by atoms with E-state index in [4.69, 9.17) is 18.9 Å². The minimum absolute atomic E-state index is 0.155. The van der Waals surface area contributed by atoms with E-state index in [0.29, 0.717) is 36.1 Å². The number of hydrogen-bond donors (Lipinski definition) is 2. The summed E-state index contributed by atoms with van der Waals surface area (Å²) in [6, 6.07) is 12.1. The van der Waals surface area contributed by atoms with Gasteiger partial charge in [-0.05, 0) is 43.7 Å². The molecular weight excluding hydrogens is 376 g/mol. The Labute approximate surface area is 169 Å². The van der Waals surface area contributed by atoms with Gasteiger partial charge in [-0.1, -0.05) is 12.1 Å². The average Bonchev–Trinajstić information content (AvgIpc) is 2.72. The standard InChI is InChI=1S/C21H24N2O6/c1-3-26-21(25)23-16-5-4-6-17(12-16)29-13-20(24)22-14(2)15-7-8-18-19(11-15)28-10-9-27-18/h4-8,11-12,14H,3,9-10,13H2,1-2H3,(H,22,24)(H,23,25). The number of rotatable bonds is 7. The Balaban J connectivity index is 1.51. The third-order valence-electron chi connectivity index (χ3n) is 4.17. The Kier molecular flexibility index (Phi) is 6.78. The first-order valence-corrected chi connectivity index (χ1v) is 9.40. The molecule has 8 nitrogen and oxygen atoms in total. The molecule has 0 radical (unpaired) electrons. The molecule has 0 saturated heterocycles. The first-order valence-electron chi connectivity index (χ1n) is 9.40. The van der Waals surface area contributed by atoms with Crippen LogP contribution in [0.15, 0.2) is 42.5 Å². The minimum atomic E-state index is -0.546. The third kappa shape index (κ3) is 5.78. The second-order valence-corrected chi connectivity index (χ2v) is 6.35. The van der Waals surface area contributed by atoms with Crippen molar-refractivity contribution in [1.82, 2.24) is 5.32 Å². The maximum Gasteiger partial charge on any atom is 0.411 e. The predicted molar refractivity (Wildman–Crippen MR) is 107 cm³/mol. The number of anilines is 1. The topological polar surface area (TPSA) is 95.1 Å². The van der Waals surface area contributed by atoms with Gasteiger partial charge in [-0.2, -0.15) is 0 Å². The first kappa shape index (κ1) is 20.3. The summed E-state index contributed by atoms with van der Waals surface area (Å²) in [4.78, 5) is 23.7. The molecule has 2 amide bonds. The van der Waals surface area contributed by atoms with E-state index in [1.54, 1.807) is 31.2 Å². The Morgan fingerprint density at radius 1 is 1.10 bits per heavy atom. The largest absolute Gasteiger partial charge is 0.486 e. The van der Waals surface area contributed by atoms with Crippen molar-refractivity contribution in [3.63, 3.8) is 0 Å². The zero-order chi connectivity index (χ0) is 20.6. The van der Waals surface area contributed by atoms with Gasteiger partial charge in [0.15, 0.2) is 18.1 Å². The van der Waals surface area contributed by atoms with Crippen LogP contribution in [0.5, 0.6) is 17.2 Å². The van der Waals surface area contributed by atoms with E-state index in [2.05, 4.69) is 10.6 Å². The fourth-order valence-electron chi connectivity index (χ4n) is 2.79. The molecule has 1 atom stereocenters. The number of nitrogens with one attached hydrogen (secondary N) is 2. The molecule has 1 aliphatic rings. The van der Waals surface area contributed by atoms with E-state index < -0.39 is 6.09 Å². The fraction of sp³-hybridized carbons (Fsp3) is 0.333. The molecule has 0 aliphatic carbocycles. The van der Waals surface area contributed by atoms with Crippen LogP contribution in [-0.4, -0.2) is 38.4 Å². The lowest BCUT2D eigenvalue weighted by atomic mass is 10.1. The molecule has 1 aliphatic heterocycles. The van der Waals surface area contributed by atoms with Crippen molar-refractivity contribution >= 4 is 17.7 Å². The monoisotopic (exact) mass is 400 g/mol. The summed E-state index contributed by atoms with van der Waals surface area (Å²) >= 11 is 0. The second kappa shape index (κ2) is 9.68. The molecule has 1 unspecified atom stereocenters. The van der Waals surface area contributed by atoms with Gasteiger partial charge in [0.2, 0.25) is 0 Å². The number of benzene rings is 2. The summed E-state index contributed by atoms with van der Waals surface area (Å²) in [5.41, 5.74) is 1.43. The SMILES string of the molecule is CCOC(=O)Nc1cccc(OCC(=O)NC(C)c2ccc3c(c2)OCCO3)c1. The minimum Gasteiger partial charge on any atom is -0.486 e. The van der Waals surface area contributed by atoms with Crippen LogP contribution >= 0.6 is 0 Å². The van der Waals surface area contributed by atoms with Crippen molar-refractivity contribution in [3.05, 3.63) is 48.0 Å². The van der Waals surface area contributed by atoms with Gasteiger partial charge in [-0.15, -0.1) is 0 Å². The summed E-state index contributed by atoms with van der Waals surface area (Å²) in [5.74, 6) is 1.58. The number of carbonyl (C=O) groups is 2. The van der Waals surface area contributed by atoms with Crippen molar-refractivity contribution in [2.45, 2.75) is 19.9 Å². The molecule has 2 N–H and O–H groups in total.